The first kappa shape index (κ1) is 19.4. The SMILES string of the molecule is C[C@H](NC(=O)[C@H](C)N(c1ccccc1)S(C)(=O)=O)c1ccc2c(c1)CCC2. The van der Waals surface area contributed by atoms with Crippen LogP contribution in [0.4, 0.5) is 5.69 Å². The standard InChI is InChI=1S/C21H26N2O3S/c1-15(18-13-12-17-8-7-9-19(17)14-18)22-21(24)16(2)23(27(3,25)26)20-10-5-4-6-11-20/h4-6,10-16H,7-9H2,1-3H3,(H,22,24)/t15-,16-/m0/s1. The second-order valence-electron chi connectivity index (χ2n) is 7.18. The molecular formula is C21H26N2O3S. The van der Waals surface area contributed by atoms with Crippen molar-refractivity contribution in [1.29, 1.82) is 0 Å². The van der Waals surface area contributed by atoms with E-state index in [9.17, 15) is 13.2 Å². The van der Waals surface area contributed by atoms with Crippen molar-refractivity contribution in [2.75, 3.05) is 10.6 Å². The number of benzene rings is 2. The van der Waals surface area contributed by atoms with Crippen LogP contribution in [-0.4, -0.2) is 26.6 Å². The third-order valence-electron chi connectivity index (χ3n) is 5.08. The lowest BCUT2D eigenvalue weighted by molar-refractivity contribution is -0.122. The fraction of sp³-hybridized carbons (Fsp3) is 0.381. The summed E-state index contributed by atoms with van der Waals surface area (Å²) in [4.78, 5) is 12.8. The predicted octanol–water partition coefficient (Wildman–Crippen LogP) is 3.21. The van der Waals surface area contributed by atoms with Gasteiger partial charge in [0.15, 0.2) is 0 Å². The quantitative estimate of drug-likeness (QED) is 0.829. The van der Waals surface area contributed by atoms with Gasteiger partial charge in [-0.25, -0.2) is 8.42 Å². The van der Waals surface area contributed by atoms with Crippen LogP contribution in [0.25, 0.3) is 0 Å². The highest BCUT2D eigenvalue weighted by Crippen LogP contribution is 2.26. The molecule has 0 aliphatic heterocycles. The first-order valence-electron chi connectivity index (χ1n) is 9.24. The zero-order chi connectivity index (χ0) is 19.6. The van der Waals surface area contributed by atoms with E-state index in [4.69, 9.17) is 0 Å². The number of aryl methyl sites for hydroxylation is 2. The molecule has 0 spiro atoms. The molecule has 0 unspecified atom stereocenters. The lowest BCUT2D eigenvalue weighted by Gasteiger charge is -2.29. The number of hydrogen-bond acceptors (Lipinski definition) is 3. The van der Waals surface area contributed by atoms with Crippen LogP contribution in [-0.2, 0) is 27.7 Å². The lowest BCUT2D eigenvalue weighted by atomic mass is 10.0. The Morgan fingerprint density at radius 1 is 1.04 bits per heavy atom. The first-order valence-corrected chi connectivity index (χ1v) is 11.1. The summed E-state index contributed by atoms with van der Waals surface area (Å²) in [6.45, 7) is 3.54. The number of nitrogens with one attached hydrogen (secondary N) is 1. The Hall–Kier alpha value is -2.34. The van der Waals surface area contributed by atoms with Gasteiger partial charge in [0.25, 0.3) is 0 Å². The molecular weight excluding hydrogens is 360 g/mol. The molecule has 1 aliphatic carbocycles. The summed E-state index contributed by atoms with van der Waals surface area (Å²) in [5.41, 5.74) is 4.26. The monoisotopic (exact) mass is 386 g/mol. The Bertz CT molecular complexity index is 926. The second-order valence-corrected chi connectivity index (χ2v) is 9.04. The summed E-state index contributed by atoms with van der Waals surface area (Å²) in [5, 5.41) is 2.96. The molecule has 1 N–H and O–H groups in total. The van der Waals surface area contributed by atoms with Gasteiger partial charge < -0.3 is 5.32 Å². The largest absolute Gasteiger partial charge is 0.348 e. The van der Waals surface area contributed by atoms with Crippen LogP contribution in [0.1, 0.15) is 43.0 Å². The maximum atomic E-state index is 12.8. The molecule has 0 fully saturated rings. The van der Waals surface area contributed by atoms with Gasteiger partial charge in [-0.05, 0) is 61.9 Å². The lowest BCUT2D eigenvalue weighted by Crippen LogP contribution is -2.48. The predicted molar refractivity (Wildman–Crippen MR) is 108 cm³/mol. The van der Waals surface area contributed by atoms with Crippen LogP contribution < -0.4 is 9.62 Å². The van der Waals surface area contributed by atoms with Crippen molar-refractivity contribution < 1.29 is 13.2 Å². The molecule has 0 bridgehead atoms. The molecule has 3 rings (SSSR count). The van der Waals surface area contributed by atoms with Crippen LogP contribution in [0.2, 0.25) is 0 Å². The van der Waals surface area contributed by atoms with Crippen molar-refractivity contribution >= 4 is 21.6 Å². The molecule has 27 heavy (non-hydrogen) atoms. The molecule has 2 atom stereocenters. The smallest absolute Gasteiger partial charge is 0.244 e. The number of carbonyl (C=O) groups is 1. The van der Waals surface area contributed by atoms with E-state index in [0.29, 0.717) is 5.69 Å². The molecule has 0 aromatic heterocycles. The molecule has 0 saturated carbocycles. The summed E-state index contributed by atoms with van der Waals surface area (Å²) < 4.78 is 25.8. The molecule has 6 heteroatoms. The Kier molecular flexibility index (Phi) is 5.56. The molecule has 1 amide bonds. The van der Waals surface area contributed by atoms with Crippen LogP contribution in [0, 0.1) is 0 Å². The van der Waals surface area contributed by atoms with Gasteiger partial charge in [0.1, 0.15) is 6.04 Å². The minimum atomic E-state index is -3.60. The molecule has 2 aromatic rings. The van der Waals surface area contributed by atoms with E-state index in [-0.39, 0.29) is 11.9 Å². The Labute approximate surface area is 161 Å². The summed E-state index contributed by atoms with van der Waals surface area (Å²) in [5.74, 6) is -0.322. The van der Waals surface area contributed by atoms with E-state index in [1.807, 2.05) is 19.1 Å². The molecule has 2 aromatic carbocycles. The van der Waals surface area contributed by atoms with Crippen molar-refractivity contribution in [1.82, 2.24) is 5.32 Å². The van der Waals surface area contributed by atoms with Gasteiger partial charge in [-0.1, -0.05) is 36.4 Å². The van der Waals surface area contributed by atoms with E-state index in [2.05, 4.69) is 17.4 Å². The average molecular weight is 387 g/mol. The summed E-state index contributed by atoms with van der Waals surface area (Å²) in [6.07, 6.45) is 4.49. The van der Waals surface area contributed by atoms with Crippen LogP contribution >= 0.6 is 0 Å². The number of rotatable bonds is 6. The number of sulfonamides is 1. The number of amides is 1. The highest BCUT2D eigenvalue weighted by atomic mass is 32.2. The summed E-state index contributed by atoms with van der Waals surface area (Å²) >= 11 is 0. The number of nitrogens with zero attached hydrogens (tertiary/aromatic N) is 1. The third-order valence-corrected chi connectivity index (χ3v) is 6.32. The summed E-state index contributed by atoms with van der Waals surface area (Å²) in [6, 6.07) is 14.0. The molecule has 0 radical (unpaired) electrons. The Morgan fingerprint density at radius 2 is 1.70 bits per heavy atom. The zero-order valence-corrected chi connectivity index (χ0v) is 16.8. The topological polar surface area (TPSA) is 66.5 Å². The van der Waals surface area contributed by atoms with Gasteiger partial charge in [-0.3, -0.25) is 9.10 Å². The van der Waals surface area contributed by atoms with Gasteiger partial charge in [-0.2, -0.15) is 0 Å². The highest BCUT2D eigenvalue weighted by Gasteiger charge is 2.29. The second kappa shape index (κ2) is 7.72. The van der Waals surface area contributed by atoms with Crippen molar-refractivity contribution in [3.05, 3.63) is 65.2 Å². The van der Waals surface area contributed by atoms with Crippen LogP contribution in [0.15, 0.2) is 48.5 Å². The summed E-state index contributed by atoms with van der Waals surface area (Å²) in [7, 11) is -3.60. The number of para-hydroxylation sites is 1. The third kappa shape index (κ3) is 4.33. The fourth-order valence-corrected chi connectivity index (χ4v) is 4.84. The highest BCUT2D eigenvalue weighted by molar-refractivity contribution is 7.92. The normalized spacial score (nSPS) is 15.7. The van der Waals surface area contributed by atoms with Crippen molar-refractivity contribution in [2.45, 2.75) is 45.2 Å². The Balaban J connectivity index is 1.77. The van der Waals surface area contributed by atoms with E-state index >= 15 is 0 Å². The van der Waals surface area contributed by atoms with E-state index in [0.717, 1.165) is 29.0 Å². The number of anilines is 1. The molecule has 1 aliphatic rings. The molecule has 0 heterocycles. The van der Waals surface area contributed by atoms with Gasteiger partial charge in [0, 0.05) is 0 Å². The van der Waals surface area contributed by atoms with Crippen molar-refractivity contribution in [3.8, 4) is 0 Å². The maximum Gasteiger partial charge on any atom is 0.244 e. The van der Waals surface area contributed by atoms with Gasteiger partial charge in [0.05, 0.1) is 18.0 Å². The minimum absolute atomic E-state index is 0.192. The molecule has 5 nitrogen and oxygen atoms in total. The van der Waals surface area contributed by atoms with Gasteiger partial charge >= 0.3 is 0 Å². The molecule has 0 saturated heterocycles. The zero-order valence-electron chi connectivity index (χ0n) is 16.0. The Morgan fingerprint density at radius 3 is 2.37 bits per heavy atom. The van der Waals surface area contributed by atoms with Crippen molar-refractivity contribution in [2.24, 2.45) is 0 Å². The van der Waals surface area contributed by atoms with Crippen LogP contribution in [0.3, 0.4) is 0 Å². The first-order chi connectivity index (χ1) is 12.8. The average Bonchev–Trinajstić information content (AvgIpc) is 3.09. The number of carbonyl (C=O) groups excluding carboxylic acids is 1. The fourth-order valence-electron chi connectivity index (χ4n) is 3.66. The van der Waals surface area contributed by atoms with E-state index in [1.54, 1.807) is 31.2 Å². The van der Waals surface area contributed by atoms with E-state index in [1.165, 1.54) is 17.5 Å². The van der Waals surface area contributed by atoms with Gasteiger partial charge in [0.2, 0.25) is 15.9 Å². The van der Waals surface area contributed by atoms with Crippen molar-refractivity contribution in [3.63, 3.8) is 0 Å². The van der Waals surface area contributed by atoms with Crippen LogP contribution in [0.5, 0.6) is 0 Å². The van der Waals surface area contributed by atoms with Gasteiger partial charge in [-0.15, -0.1) is 0 Å². The molecule has 144 valence electrons. The van der Waals surface area contributed by atoms with E-state index < -0.39 is 16.1 Å². The minimum Gasteiger partial charge on any atom is -0.348 e. The number of fused-ring (bicyclic) bond motifs is 1. The maximum absolute atomic E-state index is 12.8. The number of hydrogen-bond donors (Lipinski definition) is 1.